The van der Waals surface area contributed by atoms with Crippen LogP contribution in [0.25, 0.3) is 0 Å². The van der Waals surface area contributed by atoms with Crippen LogP contribution in [0.1, 0.15) is 86.0 Å². The van der Waals surface area contributed by atoms with E-state index >= 15 is 0 Å². The molecule has 0 aromatic carbocycles. The second-order valence-corrected chi connectivity index (χ2v) is 12.1. The van der Waals surface area contributed by atoms with E-state index in [0.717, 1.165) is 42.7 Å². The minimum atomic E-state index is -0.533. The summed E-state index contributed by atoms with van der Waals surface area (Å²) in [6.45, 7) is 12.1. The van der Waals surface area contributed by atoms with Gasteiger partial charge in [-0.15, -0.1) is 0 Å². The van der Waals surface area contributed by atoms with Gasteiger partial charge in [-0.25, -0.2) is 0 Å². The Morgan fingerprint density at radius 1 is 1.19 bits per heavy atom. The van der Waals surface area contributed by atoms with E-state index in [-0.39, 0.29) is 12.7 Å². The fourth-order valence-corrected chi connectivity index (χ4v) is 8.05. The summed E-state index contributed by atoms with van der Waals surface area (Å²) in [5.41, 5.74) is 3.25. The van der Waals surface area contributed by atoms with Gasteiger partial charge in [0.2, 0.25) is 0 Å². The van der Waals surface area contributed by atoms with Crippen LogP contribution in [0.5, 0.6) is 0 Å². The molecule has 4 aliphatic rings. The molecular weight excluding hydrogens is 400 g/mol. The van der Waals surface area contributed by atoms with Crippen molar-refractivity contribution in [3.63, 3.8) is 0 Å². The van der Waals surface area contributed by atoms with Gasteiger partial charge in [-0.2, -0.15) is 0 Å². The number of allylic oxidation sites excluding steroid dienone is 1. The van der Waals surface area contributed by atoms with E-state index in [1.54, 1.807) is 5.57 Å². The molecule has 0 amide bonds. The Morgan fingerprint density at radius 3 is 2.72 bits per heavy atom. The van der Waals surface area contributed by atoms with E-state index in [1.165, 1.54) is 32.1 Å². The van der Waals surface area contributed by atoms with Crippen LogP contribution in [0, 0.1) is 34.5 Å². The molecular formula is C27H46N2O3. The number of hydrogen-bond acceptors (Lipinski definition) is 5. The quantitative estimate of drug-likeness (QED) is 0.302. The summed E-state index contributed by atoms with van der Waals surface area (Å²) < 4.78 is 0. The number of oxime groups is 1. The second-order valence-electron chi connectivity index (χ2n) is 12.1. The van der Waals surface area contributed by atoms with Crippen molar-refractivity contribution in [1.82, 2.24) is 5.32 Å². The normalized spacial score (nSPS) is 42.7. The Bertz CT molecular complexity index is 734. The molecule has 0 bridgehead atoms. The first kappa shape index (κ1) is 24.2. The van der Waals surface area contributed by atoms with E-state index < -0.39 is 6.10 Å². The molecule has 0 saturated heterocycles. The molecule has 0 aromatic rings. The minimum absolute atomic E-state index is 0.130. The molecule has 8 unspecified atom stereocenters. The molecule has 4 aliphatic carbocycles. The molecule has 0 aromatic heterocycles. The van der Waals surface area contributed by atoms with E-state index in [1.807, 2.05) is 0 Å². The van der Waals surface area contributed by atoms with E-state index in [4.69, 9.17) is 4.84 Å². The van der Waals surface area contributed by atoms with Crippen molar-refractivity contribution in [2.45, 2.75) is 104 Å². The summed E-state index contributed by atoms with van der Waals surface area (Å²) in [6, 6.07) is 0.354. The van der Waals surface area contributed by atoms with Gasteiger partial charge < -0.3 is 20.4 Å². The lowest BCUT2D eigenvalue weighted by Gasteiger charge is -2.58. The lowest BCUT2D eigenvalue weighted by Crippen LogP contribution is -2.50. The zero-order valence-electron chi connectivity index (χ0n) is 20.9. The average Bonchev–Trinajstić information content (AvgIpc) is 3.10. The molecule has 3 saturated carbocycles. The predicted octanol–water partition coefficient (Wildman–Crippen LogP) is 4.68. The van der Waals surface area contributed by atoms with E-state index in [9.17, 15) is 10.2 Å². The summed E-state index contributed by atoms with van der Waals surface area (Å²) in [5, 5.41) is 28.0. The average molecular weight is 447 g/mol. The third-order valence-electron chi connectivity index (χ3n) is 9.82. The summed E-state index contributed by atoms with van der Waals surface area (Å²) in [4.78, 5) is 5.59. The fraction of sp³-hybridized carbons (Fsp3) is 0.889. The highest BCUT2D eigenvalue weighted by Gasteiger charge is 2.59. The van der Waals surface area contributed by atoms with E-state index in [0.29, 0.717) is 29.3 Å². The number of nitrogens with zero attached hydrogens (tertiary/aromatic N) is 1. The van der Waals surface area contributed by atoms with Crippen molar-refractivity contribution >= 4 is 5.71 Å². The second kappa shape index (κ2) is 9.38. The predicted molar refractivity (Wildman–Crippen MR) is 129 cm³/mol. The van der Waals surface area contributed by atoms with Crippen molar-refractivity contribution in [2.75, 3.05) is 13.2 Å². The number of rotatable bonds is 7. The van der Waals surface area contributed by atoms with Gasteiger partial charge in [0.25, 0.3) is 0 Å². The van der Waals surface area contributed by atoms with Gasteiger partial charge in [-0.1, -0.05) is 44.5 Å². The van der Waals surface area contributed by atoms with Gasteiger partial charge in [-0.05, 0) is 86.9 Å². The van der Waals surface area contributed by atoms with Crippen molar-refractivity contribution in [3.8, 4) is 0 Å². The molecule has 5 nitrogen and oxygen atoms in total. The van der Waals surface area contributed by atoms with Gasteiger partial charge in [0.05, 0.1) is 11.8 Å². The van der Waals surface area contributed by atoms with Crippen LogP contribution in [-0.4, -0.2) is 47.3 Å². The lowest BCUT2D eigenvalue weighted by atomic mass is 9.47. The number of hydrogen-bond donors (Lipinski definition) is 3. The maximum absolute atomic E-state index is 10.2. The largest absolute Gasteiger partial charge is 0.393 e. The fourth-order valence-electron chi connectivity index (χ4n) is 8.05. The van der Waals surface area contributed by atoms with Crippen molar-refractivity contribution in [3.05, 3.63) is 11.6 Å². The Labute approximate surface area is 195 Å². The van der Waals surface area contributed by atoms with Gasteiger partial charge in [0.1, 0.15) is 12.7 Å². The van der Waals surface area contributed by atoms with Crippen LogP contribution in [0.3, 0.4) is 0 Å². The molecule has 182 valence electrons. The smallest absolute Gasteiger partial charge is 0.144 e. The molecule has 0 radical (unpaired) electrons. The number of nitrogens with one attached hydrogen (secondary N) is 1. The maximum atomic E-state index is 10.2. The van der Waals surface area contributed by atoms with Crippen LogP contribution in [0.2, 0.25) is 0 Å². The molecule has 5 heteroatoms. The zero-order valence-corrected chi connectivity index (χ0v) is 20.9. The SMILES string of the molecule is CC(=NOCC(O)CNC(C)C)C1CCC2C3CC=C4CC(O)CCC4(C)C3CCC12C. The topological polar surface area (TPSA) is 74.1 Å². The first-order valence-electron chi connectivity index (χ1n) is 13.1. The Balaban J connectivity index is 1.41. The molecule has 4 rings (SSSR count). The molecule has 32 heavy (non-hydrogen) atoms. The van der Waals surface area contributed by atoms with E-state index in [2.05, 4.69) is 51.2 Å². The Morgan fingerprint density at radius 2 is 1.97 bits per heavy atom. The van der Waals surface area contributed by atoms with Gasteiger partial charge in [0.15, 0.2) is 0 Å². The molecule has 8 atom stereocenters. The zero-order chi connectivity index (χ0) is 23.1. The molecule has 3 fully saturated rings. The van der Waals surface area contributed by atoms with Crippen LogP contribution >= 0.6 is 0 Å². The van der Waals surface area contributed by atoms with Gasteiger partial charge in [-0.3, -0.25) is 0 Å². The van der Waals surface area contributed by atoms with Gasteiger partial charge in [0, 0.05) is 18.5 Å². The van der Waals surface area contributed by atoms with Crippen LogP contribution in [-0.2, 0) is 4.84 Å². The van der Waals surface area contributed by atoms with Crippen molar-refractivity contribution < 1.29 is 15.1 Å². The highest BCUT2D eigenvalue weighted by Crippen LogP contribution is 2.66. The van der Waals surface area contributed by atoms with Crippen molar-refractivity contribution in [1.29, 1.82) is 0 Å². The maximum Gasteiger partial charge on any atom is 0.144 e. The molecule has 3 N–H and O–H groups in total. The summed E-state index contributed by atoms with van der Waals surface area (Å²) in [5.74, 6) is 2.76. The van der Waals surface area contributed by atoms with Crippen molar-refractivity contribution in [2.24, 2.45) is 39.7 Å². The monoisotopic (exact) mass is 446 g/mol. The number of fused-ring (bicyclic) bond motifs is 5. The van der Waals surface area contributed by atoms with Crippen LogP contribution in [0.15, 0.2) is 16.8 Å². The van der Waals surface area contributed by atoms with Crippen LogP contribution in [0.4, 0.5) is 0 Å². The summed E-state index contributed by atoms with van der Waals surface area (Å²) in [6.07, 6.45) is 11.1. The first-order valence-corrected chi connectivity index (χ1v) is 13.1. The minimum Gasteiger partial charge on any atom is -0.393 e. The van der Waals surface area contributed by atoms with Gasteiger partial charge >= 0.3 is 0 Å². The number of aliphatic hydroxyl groups excluding tert-OH is 2. The summed E-state index contributed by atoms with van der Waals surface area (Å²) in [7, 11) is 0. The highest BCUT2D eigenvalue weighted by atomic mass is 16.6. The third-order valence-corrected chi connectivity index (χ3v) is 9.82. The highest BCUT2D eigenvalue weighted by molar-refractivity contribution is 5.85. The molecule has 0 aliphatic heterocycles. The standard InChI is InChI=1S/C27H46N2O3/c1-17(2)28-15-21(31)16-32-29-18(3)23-8-9-24-22-7-6-19-14-20(30)10-12-26(19,4)25(22)11-13-27(23,24)5/h6,17,20-25,28,30-31H,7-16H2,1-5H3. The molecule has 0 heterocycles. The Hall–Kier alpha value is -0.910. The summed E-state index contributed by atoms with van der Waals surface area (Å²) >= 11 is 0. The number of aliphatic hydroxyl groups is 2. The Kier molecular flexibility index (Phi) is 7.10. The first-order chi connectivity index (χ1) is 15.1. The third kappa shape index (κ3) is 4.42. The molecule has 0 spiro atoms. The lowest BCUT2D eigenvalue weighted by molar-refractivity contribution is -0.0428. The van der Waals surface area contributed by atoms with Crippen LogP contribution < -0.4 is 5.32 Å².